The Bertz CT molecular complexity index is 322. The monoisotopic (exact) mass is 197 g/mol. The molecule has 78 valence electrons. The molecule has 1 rings (SSSR count). The summed E-state index contributed by atoms with van der Waals surface area (Å²) in [5, 5.41) is 8.47. The van der Waals surface area contributed by atoms with Crippen molar-refractivity contribution in [3.8, 4) is 0 Å². The summed E-state index contributed by atoms with van der Waals surface area (Å²) in [7, 11) is 0. The molecule has 0 aliphatic rings. The Kier molecular flexibility index (Phi) is 2.93. The van der Waals surface area contributed by atoms with E-state index in [-0.39, 0.29) is 11.8 Å². The molecule has 0 aliphatic carbocycles. The van der Waals surface area contributed by atoms with Gasteiger partial charge < -0.3 is 9.52 Å². The summed E-state index contributed by atoms with van der Waals surface area (Å²) >= 11 is 0. The van der Waals surface area contributed by atoms with Gasteiger partial charge in [0.1, 0.15) is 6.26 Å². The fourth-order valence-electron chi connectivity index (χ4n) is 0.984. The SMILES string of the molecule is CC(C)(C)c1coc(CCC(=O)O)n1. The number of carbonyl (C=O) groups is 1. The van der Waals surface area contributed by atoms with Crippen molar-refractivity contribution in [3.63, 3.8) is 0 Å². The van der Waals surface area contributed by atoms with E-state index in [0.29, 0.717) is 12.3 Å². The normalized spacial score (nSPS) is 11.6. The third-order valence-electron chi connectivity index (χ3n) is 1.87. The average molecular weight is 197 g/mol. The van der Waals surface area contributed by atoms with Crippen molar-refractivity contribution in [2.24, 2.45) is 0 Å². The van der Waals surface area contributed by atoms with Crippen LogP contribution in [0, 0.1) is 0 Å². The van der Waals surface area contributed by atoms with Crippen molar-refractivity contribution in [1.82, 2.24) is 4.98 Å². The summed E-state index contributed by atoms with van der Waals surface area (Å²) in [6, 6.07) is 0. The minimum Gasteiger partial charge on any atom is -0.481 e. The highest BCUT2D eigenvalue weighted by molar-refractivity contribution is 5.66. The second kappa shape index (κ2) is 3.82. The van der Waals surface area contributed by atoms with Crippen molar-refractivity contribution in [2.75, 3.05) is 0 Å². The molecule has 0 bridgehead atoms. The van der Waals surface area contributed by atoms with Gasteiger partial charge in [0.2, 0.25) is 0 Å². The average Bonchev–Trinajstić information content (AvgIpc) is 2.47. The van der Waals surface area contributed by atoms with Crippen molar-refractivity contribution in [3.05, 3.63) is 17.8 Å². The zero-order chi connectivity index (χ0) is 10.8. The third kappa shape index (κ3) is 2.87. The number of carboxylic acids is 1. The first-order valence-electron chi connectivity index (χ1n) is 4.56. The number of aryl methyl sites for hydroxylation is 1. The Morgan fingerprint density at radius 3 is 2.64 bits per heavy atom. The molecule has 0 atom stereocenters. The molecule has 0 amide bonds. The molecule has 0 radical (unpaired) electrons. The Morgan fingerprint density at radius 2 is 2.21 bits per heavy atom. The first-order valence-corrected chi connectivity index (χ1v) is 4.56. The van der Waals surface area contributed by atoms with Crippen LogP contribution >= 0.6 is 0 Å². The maximum atomic E-state index is 10.3. The highest BCUT2D eigenvalue weighted by atomic mass is 16.4. The number of rotatable bonds is 3. The van der Waals surface area contributed by atoms with Gasteiger partial charge in [-0.3, -0.25) is 4.79 Å². The summed E-state index contributed by atoms with van der Waals surface area (Å²) in [4.78, 5) is 14.5. The van der Waals surface area contributed by atoms with Crippen LogP contribution in [0.2, 0.25) is 0 Å². The predicted molar refractivity (Wildman–Crippen MR) is 51.2 cm³/mol. The van der Waals surface area contributed by atoms with Crippen molar-refractivity contribution >= 4 is 5.97 Å². The molecule has 4 heteroatoms. The number of aromatic nitrogens is 1. The summed E-state index contributed by atoms with van der Waals surface area (Å²) in [6.07, 6.45) is 2.01. The number of hydrogen-bond acceptors (Lipinski definition) is 3. The second-order valence-electron chi connectivity index (χ2n) is 4.27. The molecule has 14 heavy (non-hydrogen) atoms. The molecule has 1 aromatic heterocycles. The maximum absolute atomic E-state index is 10.3. The van der Waals surface area contributed by atoms with Crippen LogP contribution in [0.25, 0.3) is 0 Å². The first-order chi connectivity index (χ1) is 6.39. The van der Waals surface area contributed by atoms with E-state index >= 15 is 0 Å². The van der Waals surface area contributed by atoms with Gasteiger partial charge in [0.25, 0.3) is 0 Å². The molecule has 1 N–H and O–H groups in total. The van der Waals surface area contributed by atoms with Gasteiger partial charge in [0.05, 0.1) is 12.1 Å². The third-order valence-corrected chi connectivity index (χ3v) is 1.87. The highest BCUT2D eigenvalue weighted by Crippen LogP contribution is 2.21. The molecule has 0 aromatic carbocycles. The van der Waals surface area contributed by atoms with Crippen LogP contribution in [0.1, 0.15) is 38.8 Å². The van der Waals surface area contributed by atoms with Crippen molar-refractivity contribution < 1.29 is 14.3 Å². The van der Waals surface area contributed by atoms with Crippen LogP contribution in [0.3, 0.4) is 0 Å². The number of carboxylic acid groups (broad SMARTS) is 1. The van der Waals surface area contributed by atoms with Crippen LogP contribution in [-0.4, -0.2) is 16.1 Å². The lowest BCUT2D eigenvalue weighted by Crippen LogP contribution is -2.11. The van der Waals surface area contributed by atoms with E-state index in [2.05, 4.69) is 4.98 Å². The molecule has 1 heterocycles. The Hall–Kier alpha value is -1.32. The Balaban J connectivity index is 2.64. The summed E-state index contributed by atoms with van der Waals surface area (Å²) in [5.41, 5.74) is 0.809. The number of aliphatic carboxylic acids is 1. The summed E-state index contributed by atoms with van der Waals surface area (Å²) < 4.78 is 5.17. The van der Waals surface area contributed by atoms with Crippen LogP contribution < -0.4 is 0 Å². The van der Waals surface area contributed by atoms with E-state index in [0.717, 1.165) is 5.69 Å². The van der Waals surface area contributed by atoms with Gasteiger partial charge >= 0.3 is 5.97 Å². The van der Waals surface area contributed by atoms with Crippen molar-refractivity contribution in [2.45, 2.75) is 39.0 Å². The van der Waals surface area contributed by atoms with E-state index in [4.69, 9.17) is 9.52 Å². The lowest BCUT2D eigenvalue weighted by Gasteiger charge is -2.12. The second-order valence-corrected chi connectivity index (χ2v) is 4.27. The van der Waals surface area contributed by atoms with Gasteiger partial charge in [-0.15, -0.1) is 0 Å². The largest absolute Gasteiger partial charge is 0.481 e. The smallest absolute Gasteiger partial charge is 0.303 e. The zero-order valence-corrected chi connectivity index (χ0v) is 8.70. The quantitative estimate of drug-likeness (QED) is 0.804. The van der Waals surface area contributed by atoms with Crippen LogP contribution in [0.5, 0.6) is 0 Å². The molecule has 0 unspecified atom stereocenters. The van der Waals surface area contributed by atoms with Gasteiger partial charge in [-0.05, 0) is 0 Å². The molecule has 0 spiro atoms. The zero-order valence-electron chi connectivity index (χ0n) is 8.70. The lowest BCUT2D eigenvalue weighted by atomic mass is 9.93. The highest BCUT2D eigenvalue weighted by Gasteiger charge is 2.18. The standard InChI is InChI=1S/C10H15NO3/c1-10(2,3)7-6-14-8(11-7)4-5-9(12)13/h6H,4-5H2,1-3H3,(H,12,13). The van der Waals surface area contributed by atoms with E-state index in [1.54, 1.807) is 6.26 Å². The number of hydrogen-bond donors (Lipinski definition) is 1. The molecule has 0 saturated heterocycles. The van der Waals surface area contributed by atoms with Crippen LogP contribution in [0.4, 0.5) is 0 Å². The number of oxazole rings is 1. The van der Waals surface area contributed by atoms with Gasteiger partial charge in [-0.25, -0.2) is 4.98 Å². The molecule has 1 aromatic rings. The van der Waals surface area contributed by atoms with E-state index in [9.17, 15) is 4.79 Å². The predicted octanol–water partition coefficient (Wildman–Crippen LogP) is 1.99. The molecular weight excluding hydrogens is 182 g/mol. The van der Waals surface area contributed by atoms with Crippen LogP contribution in [-0.2, 0) is 16.6 Å². The fourth-order valence-corrected chi connectivity index (χ4v) is 0.984. The molecule has 0 saturated carbocycles. The first kappa shape index (κ1) is 10.8. The van der Waals surface area contributed by atoms with Gasteiger partial charge in [0.15, 0.2) is 5.89 Å². The molecule has 4 nitrogen and oxygen atoms in total. The molecule has 0 fully saturated rings. The molecular formula is C10H15NO3. The molecule has 0 aliphatic heterocycles. The van der Waals surface area contributed by atoms with E-state index in [1.807, 2.05) is 20.8 Å². The van der Waals surface area contributed by atoms with E-state index in [1.165, 1.54) is 0 Å². The maximum Gasteiger partial charge on any atom is 0.303 e. The van der Waals surface area contributed by atoms with Crippen LogP contribution in [0.15, 0.2) is 10.7 Å². The van der Waals surface area contributed by atoms with Gasteiger partial charge in [-0.2, -0.15) is 0 Å². The minimum absolute atomic E-state index is 0.0506. The topological polar surface area (TPSA) is 63.3 Å². The van der Waals surface area contributed by atoms with Crippen molar-refractivity contribution in [1.29, 1.82) is 0 Å². The Labute approximate surface area is 83.0 Å². The van der Waals surface area contributed by atoms with E-state index < -0.39 is 5.97 Å². The van der Waals surface area contributed by atoms with Gasteiger partial charge in [-0.1, -0.05) is 20.8 Å². The minimum atomic E-state index is -0.833. The van der Waals surface area contributed by atoms with Gasteiger partial charge in [0, 0.05) is 11.8 Å². The Morgan fingerprint density at radius 1 is 1.57 bits per heavy atom. The number of nitrogens with zero attached hydrogens (tertiary/aromatic N) is 1. The fraction of sp³-hybridized carbons (Fsp3) is 0.600. The summed E-state index contributed by atoms with van der Waals surface area (Å²) in [5.74, 6) is -0.335. The summed E-state index contributed by atoms with van der Waals surface area (Å²) in [6.45, 7) is 6.10. The lowest BCUT2D eigenvalue weighted by molar-refractivity contribution is -0.137.